The van der Waals surface area contributed by atoms with Gasteiger partial charge in [0.15, 0.2) is 0 Å². The molecule has 21 heavy (non-hydrogen) atoms. The van der Waals surface area contributed by atoms with Gasteiger partial charge in [-0.3, -0.25) is 0 Å². The molecule has 0 saturated carbocycles. The summed E-state index contributed by atoms with van der Waals surface area (Å²) in [6, 6.07) is 4.90. The number of aliphatic hydroxyl groups is 1. The lowest BCUT2D eigenvalue weighted by atomic mass is 9.84. The third-order valence-electron chi connectivity index (χ3n) is 4.01. The zero-order valence-corrected chi connectivity index (χ0v) is 13.7. The summed E-state index contributed by atoms with van der Waals surface area (Å²) in [5, 5.41) is 9.53. The van der Waals surface area contributed by atoms with Crippen molar-refractivity contribution in [2.45, 2.75) is 31.6 Å². The summed E-state index contributed by atoms with van der Waals surface area (Å²) in [5.74, 6) is 0. The third kappa shape index (κ3) is 3.23. The zero-order chi connectivity index (χ0) is 15.5. The maximum absolute atomic E-state index is 12.5. The molecule has 0 bridgehead atoms. The number of benzene rings is 1. The number of hydrogen-bond acceptors (Lipinski definition) is 5. The van der Waals surface area contributed by atoms with Crippen LogP contribution in [-0.4, -0.2) is 26.7 Å². The molecule has 1 aromatic rings. The molecule has 0 unspecified atom stereocenters. The van der Waals surface area contributed by atoms with Crippen LogP contribution in [0.25, 0.3) is 0 Å². The van der Waals surface area contributed by atoms with E-state index >= 15 is 0 Å². The summed E-state index contributed by atoms with van der Waals surface area (Å²) in [5.41, 5.74) is 0.529. The van der Waals surface area contributed by atoms with E-state index in [0.29, 0.717) is 24.2 Å². The molecule has 2 N–H and O–H groups in total. The van der Waals surface area contributed by atoms with E-state index in [1.807, 2.05) is 13.8 Å². The Hall–Kier alpha value is -1.09. The molecule has 1 aliphatic rings. The van der Waals surface area contributed by atoms with Gasteiger partial charge in [0.1, 0.15) is 16.3 Å². The van der Waals surface area contributed by atoms with Gasteiger partial charge >= 0.3 is 0 Å². The lowest BCUT2D eigenvalue weighted by Crippen LogP contribution is -2.39. The van der Waals surface area contributed by atoms with Crippen molar-refractivity contribution in [3.63, 3.8) is 0 Å². The molecule has 0 amide bonds. The highest BCUT2D eigenvalue weighted by atomic mass is 32.2. The van der Waals surface area contributed by atoms with Crippen LogP contribution in [0.3, 0.4) is 0 Å². The topological polar surface area (TPSA) is 91.1 Å². The van der Waals surface area contributed by atoms with Crippen LogP contribution in [0.2, 0.25) is 0 Å². The van der Waals surface area contributed by atoms with Crippen LogP contribution in [0, 0.1) is 5.41 Å². The van der Waals surface area contributed by atoms with Crippen molar-refractivity contribution in [2.75, 3.05) is 13.2 Å². The Balaban J connectivity index is 2.25. The smallest absolute Gasteiger partial charge is 0.242 e. The molecule has 0 radical (unpaired) electrons. The van der Waals surface area contributed by atoms with Gasteiger partial charge in [-0.25, -0.2) is 13.1 Å². The van der Waals surface area contributed by atoms with Gasteiger partial charge in [-0.1, -0.05) is 19.9 Å². The number of nitrogens with one attached hydrogen (secondary N) is 1. The van der Waals surface area contributed by atoms with Crippen molar-refractivity contribution in [1.29, 1.82) is 0 Å². The molecule has 1 aromatic carbocycles. The van der Waals surface area contributed by atoms with Crippen LogP contribution < -0.4 is 4.72 Å². The molecule has 0 aromatic heterocycles. The minimum absolute atomic E-state index is 0.0506. The molecule has 116 valence electrons. The number of rotatable bonds is 7. The predicted molar refractivity (Wildman–Crippen MR) is 83.3 cm³/mol. The Labute approximate surface area is 128 Å². The molecule has 8 heteroatoms. The van der Waals surface area contributed by atoms with E-state index < -0.39 is 15.4 Å². The first-order chi connectivity index (χ1) is 9.98. The summed E-state index contributed by atoms with van der Waals surface area (Å²) >= 11 is 0.988. The molecule has 0 aliphatic carbocycles. The van der Waals surface area contributed by atoms with Gasteiger partial charge in [-0.05, 0) is 25.0 Å². The van der Waals surface area contributed by atoms with Gasteiger partial charge in [0.25, 0.3) is 0 Å². The molecular formula is C13H19N3O3S2. The Kier molecular flexibility index (Phi) is 4.92. The van der Waals surface area contributed by atoms with Crippen LogP contribution in [0.1, 0.15) is 26.7 Å². The SMILES string of the molecule is CCC(CC)(CO)CNS(=O)(=O)c1cccc2c1N=S=N2. The first-order valence-corrected chi connectivity index (χ1v) is 9.01. The first kappa shape index (κ1) is 16.3. The highest BCUT2D eigenvalue weighted by molar-refractivity contribution is 7.89. The van der Waals surface area contributed by atoms with Gasteiger partial charge < -0.3 is 5.11 Å². The number of hydrogen-bond donors (Lipinski definition) is 2. The zero-order valence-electron chi connectivity index (χ0n) is 12.0. The minimum Gasteiger partial charge on any atom is -0.396 e. The van der Waals surface area contributed by atoms with Gasteiger partial charge in [0, 0.05) is 18.6 Å². The summed E-state index contributed by atoms with van der Waals surface area (Å²) in [7, 11) is -3.68. The second kappa shape index (κ2) is 6.35. The molecule has 1 heterocycles. The number of fused-ring (bicyclic) bond motifs is 1. The molecule has 0 saturated heterocycles. The predicted octanol–water partition coefficient (Wildman–Crippen LogP) is 2.49. The van der Waals surface area contributed by atoms with Crippen LogP contribution in [-0.2, 0) is 21.4 Å². The van der Waals surface area contributed by atoms with Gasteiger partial charge in [0.2, 0.25) is 10.0 Å². The Bertz CT molecular complexity index is 682. The van der Waals surface area contributed by atoms with E-state index in [-0.39, 0.29) is 18.0 Å². The van der Waals surface area contributed by atoms with Crippen molar-refractivity contribution >= 4 is 32.8 Å². The van der Waals surface area contributed by atoms with Crippen molar-refractivity contribution < 1.29 is 13.5 Å². The summed E-state index contributed by atoms with van der Waals surface area (Å²) in [4.78, 5) is 0.132. The standard InChI is InChI=1S/C13H19N3O3S2/c1-3-13(4-2,9-17)8-14-21(18,19)11-7-5-6-10-12(11)16-20-15-10/h5-7,14,17H,3-4,8-9H2,1-2H3. The third-order valence-corrected chi connectivity index (χ3v) is 5.99. The molecule has 0 spiro atoms. The summed E-state index contributed by atoms with van der Waals surface area (Å²) in [6.45, 7) is 4.04. The molecule has 6 nitrogen and oxygen atoms in total. The highest BCUT2D eigenvalue weighted by Gasteiger charge is 2.29. The van der Waals surface area contributed by atoms with Crippen LogP contribution in [0.4, 0.5) is 11.4 Å². The largest absolute Gasteiger partial charge is 0.396 e. The minimum atomic E-state index is -3.68. The molecule has 0 atom stereocenters. The normalized spacial score (nSPS) is 14.0. The van der Waals surface area contributed by atoms with Crippen LogP contribution >= 0.6 is 0 Å². The highest BCUT2D eigenvalue weighted by Crippen LogP contribution is 2.37. The van der Waals surface area contributed by atoms with E-state index in [0.717, 1.165) is 11.4 Å². The average molecular weight is 329 g/mol. The fourth-order valence-electron chi connectivity index (χ4n) is 2.10. The maximum atomic E-state index is 12.5. The molecular weight excluding hydrogens is 310 g/mol. The quantitative estimate of drug-likeness (QED) is 0.817. The van der Waals surface area contributed by atoms with Crippen molar-refractivity contribution in [1.82, 2.24) is 4.72 Å². The Morgan fingerprint density at radius 3 is 2.62 bits per heavy atom. The maximum Gasteiger partial charge on any atom is 0.242 e. The number of sulfonamides is 1. The van der Waals surface area contributed by atoms with Gasteiger partial charge in [-0.2, -0.15) is 8.73 Å². The summed E-state index contributed by atoms with van der Waals surface area (Å²) in [6.07, 6.45) is 1.40. The lowest BCUT2D eigenvalue weighted by molar-refractivity contribution is 0.119. The van der Waals surface area contributed by atoms with E-state index in [4.69, 9.17) is 0 Å². The van der Waals surface area contributed by atoms with Crippen molar-refractivity contribution in [3.8, 4) is 0 Å². The average Bonchev–Trinajstić information content (AvgIpc) is 2.97. The summed E-state index contributed by atoms with van der Waals surface area (Å²) < 4.78 is 35.7. The first-order valence-electron chi connectivity index (χ1n) is 6.80. The van der Waals surface area contributed by atoms with Crippen molar-refractivity contribution in [2.24, 2.45) is 14.1 Å². The van der Waals surface area contributed by atoms with Gasteiger partial charge in [-0.15, -0.1) is 0 Å². The number of aliphatic hydroxyl groups excluding tert-OH is 1. The van der Waals surface area contributed by atoms with Crippen molar-refractivity contribution in [3.05, 3.63) is 18.2 Å². The van der Waals surface area contributed by atoms with E-state index in [2.05, 4.69) is 13.4 Å². The monoisotopic (exact) mass is 329 g/mol. The fourth-order valence-corrected chi connectivity index (χ4v) is 4.03. The number of nitrogens with zero attached hydrogens (tertiary/aromatic N) is 2. The molecule has 0 fully saturated rings. The van der Waals surface area contributed by atoms with E-state index in [1.165, 1.54) is 6.07 Å². The van der Waals surface area contributed by atoms with Gasteiger partial charge in [0.05, 0.1) is 11.4 Å². The Morgan fingerprint density at radius 1 is 1.29 bits per heavy atom. The van der Waals surface area contributed by atoms with E-state index in [9.17, 15) is 13.5 Å². The molecule has 2 rings (SSSR count). The second-order valence-corrected chi connectivity index (χ2v) is 7.34. The van der Waals surface area contributed by atoms with Crippen LogP contribution in [0.5, 0.6) is 0 Å². The fraction of sp³-hybridized carbons (Fsp3) is 0.538. The molecule has 1 aliphatic heterocycles. The lowest BCUT2D eigenvalue weighted by Gasteiger charge is -2.29. The van der Waals surface area contributed by atoms with Crippen LogP contribution in [0.15, 0.2) is 31.8 Å². The van der Waals surface area contributed by atoms with E-state index in [1.54, 1.807) is 12.1 Å². The second-order valence-electron chi connectivity index (χ2n) is 5.08. The Morgan fingerprint density at radius 2 is 2.00 bits per heavy atom.